The van der Waals surface area contributed by atoms with E-state index in [1.165, 1.54) is 12.1 Å². The van der Waals surface area contributed by atoms with E-state index >= 15 is 0 Å². The predicted octanol–water partition coefficient (Wildman–Crippen LogP) is 3.91. The van der Waals surface area contributed by atoms with Crippen LogP contribution in [-0.4, -0.2) is 19.6 Å². The van der Waals surface area contributed by atoms with E-state index < -0.39 is 10.1 Å². The minimum absolute atomic E-state index is 0.0812. The minimum atomic E-state index is -4.11. The molecular weight excluding hydrogens is 304 g/mol. The average Bonchev–Trinajstić information content (AvgIpc) is 2.48. The number of rotatable bonds is 11. The Morgan fingerprint density at radius 3 is 2.45 bits per heavy atom. The lowest BCUT2D eigenvalue weighted by atomic mass is 10.1. The molecule has 0 radical (unpaired) electrons. The first-order valence-electron chi connectivity index (χ1n) is 7.47. The van der Waals surface area contributed by atoms with Gasteiger partial charge in [-0.05, 0) is 43.4 Å². The quantitative estimate of drug-likeness (QED) is 0.219. The number of hydrogen-bond acceptors (Lipinski definition) is 4. The van der Waals surface area contributed by atoms with Gasteiger partial charge in [0.05, 0.1) is 11.5 Å². The molecule has 0 spiro atoms. The van der Waals surface area contributed by atoms with Crippen LogP contribution < -0.4 is 0 Å². The van der Waals surface area contributed by atoms with E-state index in [9.17, 15) is 8.42 Å². The Hall–Kier alpha value is -1.37. The topological polar surface area (TPSA) is 72.8 Å². The van der Waals surface area contributed by atoms with E-state index in [4.69, 9.17) is 14.3 Å². The van der Waals surface area contributed by atoms with Gasteiger partial charge in [-0.2, -0.15) is 13.3 Å². The summed E-state index contributed by atoms with van der Waals surface area (Å²) in [5.41, 5.74) is 1.03. The van der Waals surface area contributed by atoms with Crippen molar-refractivity contribution in [3.05, 3.63) is 42.2 Å². The molecule has 0 heterocycles. The van der Waals surface area contributed by atoms with Crippen molar-refractivity contribution >= 4 is 10.1 Å². The van der Waals surface area contributed by atoms with Gasteiger partial charge in [-0.3, -0.25) is 4.55 Å². The fourth-order valence-corrected chi connectivity index (χ4v) is 2.33. The molecule has 0 aliphatic carbocycles. The molecule has 5 nitrogen and oxygen atoms in total. The second-order valence-electron chi connectivity index (χ2n) is 5.12. The first kappa shape index (κ1) is 18.7. The zero-order valence-electron chi connectivity index (χ0n) is 13.0. The number of benzene rings is 1. The van der Waals surface area contributed by atoms with Crippen LogP contribution in [0, 0.1) is 0 Å². The standard InChI is InChI=1S/C16H24O5S/c1-3-4-13-20-21-14(2)7-5-6-8-15-9-11-16(12-10-15)22(17,18)19/h9-12H,2-8,13H2,1H3,(H,17,18,19). The SMILES string of the molecule is C=C(CCCCc1ccc(S(=O)(=O)O)cc1)OOCCCC. The van der Waals surface area contributed by atoms with Crippen molar-refractivity contribution in [1.82, 2.24) is 0 Å². The number of unbranched alkanes of at least 4 members (excludes halogenated alkanes) is 2. The van der Waals surface area contributed by atoms with Crippen LogP contribution in [0.4, 0.5) is 0 Å². The smallest absolute Gasteiger partial charge is 0.294 e. The summed E-state index contributed by atoms with van der Waals surface area (Å²) in [5.74, 6) is 0.623. The highest BCUT2D eigenvalue weighted by atomic mass is 32.2. The molecule has 1 aromatic rings. The molecule has 0 unspecified atom stereocenters. The Morgan fingerprint density at radius 2 is 1.86 bits per heavy atom. The summed E-state index contributed by atoms with van der Waals surface area (Å²) in [6.45, 7) is 6.46. The van der Waals surface area contributed by atoms with E-state index in [0.29, 0.717) is 12.4 Å². The lowest BCUT2D eigenvalue weighted by Crippen LogP contribution is -1.98. The Morgan fingerprint density at radius 1 is 1.18 bits per heavy atom. The first-order chi connectivity index (χ1) is 10.4. The summed E-state index contributed by atoms with van der Waals surface area (Å²) in [7, 11) is -4.11. The van der Waals surface area contributed by atoms with Crippen LogP contribution in [0.25, 0.3) is 0 Å². The fraction of sp³-hybridized carbons (Fsp3) is 0.500. The molecular formula is C16H24O5S. The zero-order valence-corrected chi connectivity index (χ0v) is 13.8. The Kier molecular flexibility index (Phi) is 8.16. The molecule has 0 saturated carbocycles. The molecule has 124 valence electrons. The highest BCUT2D eigenvalue weighted by Crippen LogP contribution is 2.14. The molecule has 0 aliphatic heterocycles. The molecule has 1 rings (SSSR count). The van der Waals surface area contributed by atoms with Crippen molar-refractivity contribution in [2.75, 3.05) is 6.61 Å². The Bertz CT molecular complexity index is 548. The third-order valence-corrected chi connectivity index (χ3v) is 4.02. The van der Waals surface area contributed by atoms with Crippen LogP contribution in [0.5, 0.6) is 0 Å². The molecule has 0 bridgehead atoms. The maximum absolute atomic E-state index is 10.9. The zero-order chi connectivity index (χ0) is 16.4. The summed E-state index contributed by atoms with van der Waals surface area (Å²) in [4.78, 5) is 10.00. The molecule has 1 N–H and O–H groups in total. The third kappa shape index (κ3) is 7.59. The molecule has 0 saturated heterocycles. The lowest BCUT2D eigenvalue weighted by molar-refractivity contribution is -0.263. The molecule has 0 fully saturated rings. The second kappa shape index (κ2) is 9.61. The first-order valence-corrected chi connectivity index (χ1v) is 8.91. The maximum atomic E-state index is 10.9. The normalized spacial score (nSPS) is 11.4. The molecule has 0 aromatic heterocycles. The molecule has 1 aromatic carbocycles. The number of aryl methyl sites for hydroxylation is 1. The van der Waals surface area contributed by atoms with Gasteiger partial charge in [0.2, 0.25) is 0 Å². The van der Waals surface area contributed by atoms with Crippen molar-refractivity contribution in [3.63, 3.8) is 0 Å². The van der Waals surface area contributed by atoms with Crippen molar-refractivity contribution in [2.45, 2.75) is 50.3 Å². The van der Waals surface area contributed by atoms with E-state index in [1.807, 2.05) is 0 Å². The summed E-state index contributed by atoms with van der Waals surface area (Å²) >= 11 is 0. The fourth-order valence-electron chi connectivity index (χ4n) is 1.85. The van der Waals surface area contributed by atoms with Gasteiger partial charge in [0.1, 0.15) is 5.76 Å². The third-order valence-electron chi connectivity index (χ3n) is 3.15. The largest absolute Gasteiger partial charge is 0.343 e. The molecule has 6 heteroatoms. The van der Waals surface area contributed by atoms with Gasteiger partial charge in [-0.1, -0.05) is 32.1 Å². The van der Waals surface area contributed by atoms with Gasteiger partial charge in [0, 0.05) is 6.42 Å². The molecule has 0 amide bonds. The van der Waals surface area contributed by atoms with Crippen LogP contribution in [0.2, 0.25) is 0 Å². The van der Waals surface area contributed by atoms with Crippen LogP contribution in [0.1, 0.15) is 44.6 Å². The van der Waals surface area contributed by atoms with Gasteiger partial charge in [0.25, 0.3) is 10.1 Å². The Labute approximate surface area is 132 Å². The van der Waals surface area contributed by atoms with Gasteiger partial charge < -0.3 is 4.89 Å². The summed E-state index contributed by atoms with van der Waals surface area (Å²) in [6.07, 6.45) is 5.43. The van der Waals surface area contributed by atoms with E-state index in [1.54, 1.807) is 12.1 Å². The van der Waals surface area contributed by atoms with Gasteiger partial charge in [0.15, 0.2) is 0 Å². The minimum Gasteiger partial charge on any atom is -0.343 e. The van der Waals surface area contributed by atoms with E-state index in [-0.39, 0.29) is 4.90 Å². The summed E-state index contributed by atoms with van der Waals surface area (Å²) < 4.78 is 30.8. The monoisotopic (exact) mass is 328 g/mol. The van der Waals surface area contributed by atoms with Crippen molar-refractivity contribution in [1.29, 1.82) is 0 Å². The number of hydrogen-bond donors (Lipinski definition) is 1. The predicted molar refractivity (Wildman–Crippen MR) is 84.9 cm³/mol. The number of allylic oxidation sites excluding steroid dienone is 1. The lowest BCUT2D eigenvalue weighted by Gasteiger charge is -2.07. The highest BCUT2D eigenvalue weighted by Gasteiger charge is 2.08. The van der Waals surface area contributed by atoms with Crippen LogP contribution >= 0.6 is 0 Å². The van der Waals surface area contributed by atoms with Crippen molar-refractivity contribution < 1.29 is 22.7 Å². The van der Waals surface area contributed by atoms with Gasteiger partial charge >= 0.3 is 0 Å². The molecule has 0 aliphatic rings. The van der Waals surface area contributed by atoms with Crippen LogP contribution in [0.3, 0.4) is 0 Å². The van der Waals surface area contributed by atoms with Gasteiger partial charge in [-0.15, -0.1) is 0 Å². The maximum Gasteiger partial charge on any atom is 0.294 e. The summed E-state index contributed by atoms with van der Waals surface area (Å²) in [6, 6.07) is 6.24. The van der Waals surface area contributed by atoms with Crippen LogP contribution in [-0.2, 0) is 26.3 Å². The average molecular weight is 328 g/mol. The highest BCUT2D eigenvalue weighted by molar-refractivity contribution is 7.85. The summed E-state index contributed by atoms with van der Waals surface area (Å²) in [5, 5.41) is 0. The van der Waals surface area contributed by atoms with Crippen molar-refractivity contribution in [2.24, 2.45) is 0 Å². The van der Waals surface area contributed by atoms with Crippen molar-refractivity contribution in [3.8, 4) is 0 Å². The van der Waals surface area contributed by atoms with E-state index in [2.05, 4.69) is 13.5 Å². The molecule has 22 heavy (non-hydrogen) atoms. The molecule has 0 atom stereocenters. The van der Waals surface area contributed by atoms with E-state index in [0.717, 1.165) is 44.1 Å². The Balaban J connectivity index is 2.20. The van der Waals surface area contributed by atoms with Crippen LogP contribution in [0.15, 0.2) is 41.5 Å². The van der Waals surface area contributed by atoms with Gasteiger partial charge in [-0.25, -0.2) is 0 Å². The second-order valence-corrected chi connectivity index (χ2v) is 6.55.